The van der Waals surface area contributed by atoms with Crippen molar-refractivity contribution in [1.82, 2.24) is 15.3 Å². The first-order valence-electron chi connectivity index (χ1n) is 9.40. The molecule has 2 heterocycles. The topological polar surface area (TPSA) is 72.0 Å². The minimum Gasteiger partial charge on any atom is -0.352 e. The van der Waals surface area contributed by atoms with Gasteiger partial charge in [-0.2, -0.15) is 0 Å². The molecule has 0 aliphatic rings. The van der Waals surface area contributed by atoms with Crippen molar-refractivity contribution in [3.8, 4) is 10.7 Å². The lowest BCUT2D eigenvalue weighted by atomic mass is 10.1. The largest absolute Gasteiger partial charge is 0.352 e. The van der Waals surface area contributed by atoms with Crippen LogP contribution in [-0.4, -0.2) is 27.4 Å². The number of para-hydroxylation sites is 1. The molecule has 0 unspecified atom stereocenters. The smallest absolute Gasteiger partial charge is 0.217 e. The van der Waals surface area contributed by atoms with Crippen LogP contribution in [0.3, 0.4) is 0 Å². The van der Waals surface area contributed by atoms with Crippen LogP contribution in [0.15, 0.2) is 71.1 Å². The number of ketones is 1. The third kappa shape index (κ3) is 4.75. The monoisotopic (exact) mass is 433 g/mol. The second kappa shape index (κ2) is 9.19. The Kier molecular flexibility index (Phi) is 6.21. The molecule has 7 heteroatoms. The Morgan fingerprint density at radius 1 is 1.00 bits per heavy atom. The predicted molar refractivity (Wildman–Crippen MR) is 122 cm³/mol. The molecule has 0 aliphatic heterocycles. The van der Waals surface area contributed by atoms with E-state index in [4.69, 9.17) is 4.98 Å². The van der Waals surface area contributed by atoms with Crippen molar-refractivity contribution in [1.29, 1.82) is 0 Å². The number of Topliss-reactive ketones (excluding diaryl/α,β-unsaturated/α-hetero) is 1. The Balaban J connectivity index is 1.51. The van der Waals surface area contributed by atoms with E-state index >= 15 is 0 Å². The molecule has 0 fully saturated rings. The van der Waals surface area contributed by atoms with E-state index in [0.29, 0.717) is 17.9 Å². The summed E-state index contributed by atoms with van der Waals surface area (Å²) >= 11 is 3.02. The van der Waals surface area contributed by atoms with E-state index < -0.39 is 0 Å². The average molecular weight is 434 g/mol. The predicted octanol–water partition coefficient (Wildman–Crippen LogP) is 4.97. The molecule has 4 aromatic rings. The second-order valence-electron chi connectivity index (χ2n) is 6.67. The molecule has 4 rings (SSSR count). The normalized spacial score (nSPS) is 10.8. The molecule has 0 atom stereocenters. The van der Waals surface area contributed by atoms with Gasteiger partial charge in [-0.25, -0.2) is 9.97 Å². The summed E-state index contributed by atoms with van der Waals surface area (Å²) in [4.78, 5) is 34.2. The van der Waals surface area contributed by atoms with Gasteiger partial charge in [-0.15, -0.1) is 11.3 Å². The molecular formula is C23H19N3O2S2. The van der Waals surface area contributed by atoms with E-state index in [9.17, 15) is 9.59 Å². The lowest BCUT2D eigenvalue weighted by Crippen LogP contribution is -2.18. The Morgan fingerprint density at radius 2 is 1.80 bits per heavy atom. The first kappa shape index (κ1) is 20.3. The molecule has 1 amide bonds. The van der Waals surface area contributed by atoms with Gasteiger partial charge in [0.25, 0.3) is 0 Å². The van der Waals surface area contributed by atoms with Gasteiger partial charge in [0.05, 0.1) is 16.1 Å². The summed E-state index contributed by atoms with van der Waals surface area (Å²) in [6, 6.07) is 19.2. The number of benzene rings is 2. The Bertz CT molecular complexity index is 1190. The molecule has 0 saturated carbocycles. The number of hydrogen-bond acceptors (Lipinski definition) is 6. The molecular weight excluding hydrogens is 414 g/mol. The number of rotatable bonds is 7. The highest BCUT2D eigenvalue weighted by atomic mass is 32.2. The fraction of sp³-hybridized carbons (Fsp3) is 0.130. The zero-order chi connectivity index (χ0) is 20.9. The van der Waals surface area contributed by atoms with E-state index in [0.717, 1.165) is 26.4 Å². The van der Waals surface area contributed by atoms with Crippen molar-refractivity contribution in [3.63, 3.8) is 0 Å². The lowest BCUT2D eigenvalue weighted by molar-refractivity contribution is -0.119. The van der Waals surface area contributed by atoms with Crippen molar-refractivity contribution in [2.75, 3.05) is 5.75 Å². The molecule has 0 radical (unpaired) electrons. The summed E-state index contributed by atoms with van der Waals surface area (Å²) in [6.45, 7) is 1.94. The molecule has 1 N–H and O–H groups in total. The molecule has 2 aromatic carbocycles. The SMILES string of the molecule is CC(=O)NCc1ccc(C(=O)CSc2nc(-c3cccs3)nc3ccccc23)cc1. The number of nitrogens with one attached hydrogen (secondary N) is 1. The zero-order valence-electron chi connectivity index (χ0n) is 16.3. The van der Waals surface area contributed by atoms with Crippen LogP contribution in [0.2, 0.25) is 0 Å². The number of carbonyl (C=O) groups is 2. The molecule has 0 bridgehead atoms. The minimum atomic E-state index is -0.0782. The number of carbonyl (C=O) groups excluding carboxylic acids is 2. The molecule has 2 aromatic heterocycles. The van der Waals surface area contributed by atoms with Crippen molar-refractivity contribution >= 4 is 45.7 Å². The van der Waals surface area contributed by atoms with Gasteiger partial charge in [-0.05, 0) is 23.1 Å². The Hall–Kier alpha value is -3.03. The average Bonchev–Trinajstić information content (AvgIpc) is 3.31. The fourth-order valence-corrected chi connectivity index (χ4v) is 4.50. The maximum absolute atomic E-state index is 12.7. The van der Waals surface area contributed by atoms with Crippen LogP contribution < -0.4 is 5.32 Å². The minimum absolute atomic E-state index is 0.0337. The molecule has 0 aliphatic carbocycles. The van der Waals surface area contributed by atoms with Crippen LogP contribution in [-0.2, 0) is 11.3 Å². The first-order valence-corrected chi connectivity index (χ1v) is 11.3. The van der Waals surface area contributed by atoms with E-state index in [1.54, 1.807) is 23.5 Å². The van der Waals surface area contributed by atoms with Gasteiger partial charge in [0.2, 0.25) is 5.91 Å². The number of thiophene rings is 1. The zero-order valence-corrected chi connectivity index (χ0v) is 17.9. The van der Waals surface area contributed by atoms with Crippen molar-refractivity contribution < 1.29 is 9.59 Å². The molecule has 5 nitrogen and oxygen atoms in total. The van der Waals surface area contributed by atoms with Gasteiger partial charge in [0.15, 0.2) is 11.6 Å². The van der Waals surface area contributed by atoms with Crippen LogP contribution in [0.4, 0.5) is 0 Å². The number of aromatic nitrogens is 2. The van der Waals surface area contributed by atoms with Gasteiger partial charge < -0.3 is 5.32 Å². The maximum atomic E-state index is 12.7. The van der Waals surface area contributed by atoms with Crippen LogP contribution in [0, 0.1) is 0 Å². The molecule has 30 heavy (non-hydrogen) atoms. The number of thioether (sulfide) groups is 1. The van der Waals surface area contributed by atoms with E-state index in [-0.39, 0.29) is 17.4 Å². The number of fused-ring (bicyclic) bond motifs is 1. The number of hydrogen-bond donors (Lipinski definition) is 1. The molecule has 0 spiro atoms. The second-order valence-corrected chi connectivity index (χ2v) is 8.58. The van der Waals surface area contributed by atoms with E-state index in [2.05, 4.69) is 10.3 Å². The van der Waals surface area contributed by atoms with Gasteiger partial charge in [-0.1, -0.05) is 60.3 Å². The number of amides is 1. The first-order chi connectivity index (χ1) is 14.6. The Labute approximate surface area is 182 Å². The number of nitrogens with zero attached hydrogens (tertiary/aromatic N) is 2. The summed E-state index contributed by atoms with van der Waals surface area (Å²) < 4.78 is 0. The van der Waals surface area contributed by atoms with Gasteiger partial charge in [0.1, 0.15) is 5.03 Å². The van der Waals surface area contributed by atoms with Gasteiger partial charge in [-0.3, -0.25) is 9.59 Å². The summed E-state index contributed by atoms with van der Waals surface area (Å²) in [6.07, 6.45) is 0. The summed E-state index contributed by atoms with van der Waals surface area (Å²) in [5.74, 6) is 0.925. The quantitative estimate of drug-likeness (QED) is 0.253. The molecule has 150 valence electrons. The molecule has 0 saturated heterocycles. The van der Waals surface area contributed by atoms with Gasteiger partial charge >= 0.3 is 0 Å². The van der Waals surface area contributed by atoms with Crippen molar-refractivity contribution in [3.05, 3.63) is 77.2 Å². The highest BCUT2D eigenvalue weighted by molar-refractivity contribution is 8.00. The lowest BCUT2D eigenvalue weighted by Gasteiger charge is -2.08. The van der Waals surface area contributed by atoms with Gasteiger partial charge in [0, 0.05) is 24.4 Å². The maximum Gasteiger partial charge on any atom is 0.217 e. The standard InChI is InChI=1S/C23H19N3O2S2/c1-15(27)24-13-16-8-10-17(11-9-16)20(28)14-30-23-18-5-2-3-6-19(18)25-22(26-23)21-7-4-12-29-21/h2-12H,13-14H2,1H3,(H,24,27). The highest BCUT2D eigenvalue weighted by Crippen LogP contribution is 2.30. The third-order valence-corrected chi connectivity index (χ3v) is 6.32. The summed E-state index contributed by atoms with van der Waals surface area (Å²) in [5, 5.41) is 6.50. The van der Waals surface area contributed by atoms with Crippen molar-refractivity contribution in [2.45, 2.75) is 18.5 Å². The van der Waals surface area contributed by atoms with Crippen LogP contribution in [0.25, 0.3) is 21.6 Å². The summed E-state index contributed by atoms with van der Waals surface area (Å²) in [7, 11) is 0. The third-order valence-electron chi connectivity index (χ3n) is 4.47. The van der Waals surface area contributed by atoms with Crippen LogP contribution >= 0.6 is 23.1 Å². The summed E-state index contributed by atoms with van der Waals surface area (Å²) in [5.41, 5.74) is 2.47. The van der Waals surface area contributed by atoms with Crippen LogP contribution in [0.1, 0.15) is 22.8 Å². The van der Waals surface area contributed by atoms with E-state index in [1.165, 1.54) is 18.7 Å². The Morgan fingerprint density at radius 3 is 2.53 bits per heavy atom. The van der Waals surface area contributed by atoms with E-state index in [1.807, 2.05) is 53.9 Å². The van der Waals surface area contributed by atoms with Crippen molar-refractivity contribution in [2.24, 2.45) is 0 Å². The fourth-order valence-electron chi connectivity index (χ4n) is 2.93. The van der Waals surface area contributed by atoms with Crippen LogP contribution in [0.5, 0.6) is 0 Å². The highest BCUT2D eigenvalue weighted by Gasteiger charge is 2.13.